The predicted octanol–water partition coefficient (Wildman–Crippen LogP) is 2.07. The standard InChI is InChI=1S/C23H35ClO7/c1-5-6-7-8-9-13(26)20(29)31-19-14-12(10-21(19,2)3)17(27)15-16(24)18(28)23(30,11-25)22(14,15)4/h12-14,17,19,25-27,30H,5-11H2,1-4H3/t12-,13+,14-,17-,19+,22-,23-/m0/s1. The van der Waals surface area contributed by atoms with Gasteiger partial charge in [0, 0.05) is 16.7 Å². The Morgan fingerprint density at radius 1 is 1.26 bits per heavy atom. The summed E-state index contributed by atoms with van der Waals surface area (Å²) >= 11 is 6.23. The second-order valence-corrected chi connectivity index (χ2v) is 10.7. The predicted molar refractivity (Wildman–Crippen MR) is 114 cm³/mol. The third-order valence-corrected chi connectivity index (χ3v) is 8.37. The Hall–Kier alpha value is -0.990. The number of ether oxygens (including phenoxy) is 1. The van der Waals surface area contributed by atoms with Crippen molar-refractivity contribution in [2.75, 3.05) is 6.61 Å². The number of Topliss-reactive ketones (excluding diaryl/α,β-unsaturated/α-hetero) is 1. The smallest absolute Gasteiger partial charge is 0.335 e. The molecule has 0 aromatic carbocycles. The molecule has 0 radical (unpaired) electrons. The molecule has 0 amide bonds. The van der Waals surface area contributed by atoms with Crippen LogP contribution in [0.3, 0.4) is 0 Å². The van der Waals surface area contributed by atoms with E-state index in [0.29, 0.717) is 19.3 Å². The number of hydrogen-bond acceptors (Lipinski definition) is 7. The highest BCUT2D eigenvalue weighted by atomic mass is 35.5. The van der Waals surface area contributed by atoms with Crippen molar-refractivity contribution in [2.24, 2.45) is 22.7 Å². The van der Waals surface area contributed by atoms with Crippen LogP contribution < -0.4 is 0 Å². The van der Waals surface area contributed by atoms with E-state index < -0.39 is 64.9 Å². The molecule has 0 heterocycles. The molecule has 3 aliphatic carbocycles. The summed E-state index contributed by atoms with van der Waals surface area (Å²) < 4.78 is 5.82. The van der Waals surface area contributed by atoms with Gasteiger partial charge in [0.1, 0.15) is 6.10 Å². The Kier molecular flexibility index (Phi) is 6.69. The van der Waals surface area contributed by atoms with Crippen LogP contribution in [0.1, 0.15) is 66.2 Å². The molecule has 4 N–H and O–H groups in total. The summed E-state index contributed by atoms with van der Waals surface area (Å²) in [7, 11) is 0. The summed E-state index contributed by atoms with van der Waals surface area (Å²) in [6.45, 7) is 6.61. The zero-order chi connectivity index (χ0) is 23.4. The summed E-state index contributed by atoms with van der Waals surface area (Å²) in [5, 5.41) is 42.3. The van der Waals surface area contributed by atoms with Crippen LogP contribution in [0.5, 0.6) is 0 Å². The van der Waals surface area contributed by atoms with Crippen molar-refractivity contribution in [3.8, 4) is 0 Å². The number of rotatable bonds is 8. The molecule has 176 valence electrons. The summed E-state index contributed by atoms with van der Waals surface area (Å²) in [4.78, 5) is 25.4. The van der Waals surface area contributed by atoms with Gasteiger partial charge in [0.05, 0.1) is 17.7 Å². The van der Waals surface area contributed by atoms with Crippen LogP contribution in [-0.4, -0.2) is 62.7 Å². The molecular formula is C23H35ClO7. The van der Waals surface area contributed by atoms with Crippen molar-refractivity contribution in [3.05, 3.63) is 10.6 Å². The number of aliphatic hydroxyl groups is 4. The number of aliphatic hydroxyl groups excluding tert-OH is 3. The zero-order valence-corrected chi connectivity index (χ0v) is 19.5. The minimum Gasteiger partial charge on any atom is -0.460 e. The van der Waals surface area contributed by atoms with Gasteiger partial charge >= 0.3 is 5.97 Å². The average Bonchev–Trinajstić information content (AvgIpc) is 3.16. The van der Waals surface area contributed by atoms with E-state index in [2.05, 4.69) is 6.92 Å². The first kappa shape index (κ1) is 24.6. The maximum Gasteiger partial charge on any atom is 0.335 e. The third kappa shape index (κ3) is 3.48. The normalized spacial score (nSPS) is 39.6. The highest BCUT2D eigenvalue weighted by Gasteiger charge is 2.76. The fourth-order valence-electron chi connectivity index (χ4n) is 6.25. The molecular weight excluding hydrogens is 424 g/mol. The van der Waals surface area contributed by atoms with Crippen LogP contribution in [0.15, 0.2) is 10.6 Å². The van der Waals surface area contributed by atoms with Crippen molar-refractivity contribution >= 4 is 23.4 Å². The van der Waals surface area contributed by atoms with E-state index in [4.69, 9.17) is 16.3 Å². The van der Waals surface area contributed by atoms with Crippen molar-refractivity contribution in [1.82, 2.24) is 0 Å². The summed E-state index contributed by atoms with van der Waals surface area (Å²) in [5.74, 6) is -2.61. The molecule has 2 fully saturated rings. The SMILES string of the molecule is CCCCCC[C@@H](O)C(=O)O[C@@H]1[C@@H]2[C@H](CC1(C)C)[C@H](O)C1=C(Cl)C(=O)[C@@](O)(CO)[C@]12C. The van der Waals surface area contributed by atoms with Crippen LogP contribution in [0.4, 0.5) is 0 Å². The van der Waals surface area contributed by atoms with Gasteiger partial charge in [0.25, 0.3) is 0 Å². The largest absolute Gasteiger partial charge is 0.460 e. The number of unbranched alkanes of at least 4 members (excludes halogenated alkanes) is 3. The molecule has 0 saturated heterocycles. The van der Waals surface area contributed by atoms with Gasteiger partial charge in [-0.05, 0) is 24.3 Å². The highest BCUT2D eigenvalue weighted by molar-refractivity contribution is 6.45. The molecule has 0 bridgehead atoms. The number of esters is 1. The second kappa shape index (κ2) is 8.41. The number of ketones is 1. The van der Waals surface area contributed by atoms with Crippen molar-refractivity contribution < 1.29 is 34.8 Å². The fourth-order valence-corrected chi connectivity index (χ4v) is 6.72. The fraction of sp³-hybridized carbons (Fsp3) is 0.826. The van der Waals surface area contributed by atoms with E-state index in [1.54, 1.807) is 6.92 Å². The highest BCUT2D eigenvalue weighted by Crippen LogP contribution is 2.69. The first-order valence-corrected chi connectivity index (χ1v) is 11.6. The quantitative estimate of drug-likeness (QED) is 0.324. The van der Waals surface area contributed by atoms with Gasteiger partial charge < -0.3 is 25.2 Å². The monoisotopic (exact) mass is 458 g/mol. The van der Waals surface area contributed by atoms with Gasteiger partial charge in [-0.1, -0.05) is 65.0 Å². The molecule has 3 aliphatic rings. The summed E-state index contributed by atoms with van der Waals surface area (Å²) in [6, 6.07) is 0. The van der Waals surface area contributed by atoms with Crippen LogP contribution in [0, 0.1) is 22.7 Å². The molecule has 0 aromatic heterocycles. The molecule has 0 unspecified atom stereocenters. The van der Waals surface area contributed by atoms with E-state index >= 15 is 0 Å². The molecule has 7 atom stereocenters. The molecule has 7 nitrogen and oxygen atoms in total. The van der Waals surface area contributed by atoms with E-state index in [1.165, 1.54) is 0 Å². The molecule has 8 heteroatoms. The summed E-state index contributed by atoms with van der Waals surface area (Å²) in [6.07, 6.45) is 1.36. The lowest BCUT2D eigenvalue weighted by Gasteiger charge is -2.44. The number of hydrogen-bond donors (Lipinski definition) is 4. The topological polar surface area (TPSA) is 124 Å². The zero-order valence-electron chi connectivity index (χ0n) is 18.7. The van der Waals surface area contributed by atoms with Crippen LogP contribution in [0.2, 0.25) is 0 Å². The van der Waals surface area contributed by atoms with Crippen LogP contribution >= 0.6 is 11.6 Å². The van der Waals surface area contributed by atoms with E-state index in [0.717, 1.165) is 19.3 Å². The van der Waals surface area contributed by atoms with Gasteiger partial charge in [0.15, 0.2) is 11.7 Å². The molecule has 0 aliphatic heterocycles. The van der Waals surface area contributed by atoms with Crippen LogP contribution in [-0.2, 0) is 14.3 Å². The Bertz CT molecular complexity index is 778. The van der Waals surface area contributed by atoms with Crippen LogP contribution in [0.25, 0.3) is 0 Å². The van der Waals surface area contributed by atoms with Gasteiger partial charge in [-0.15, -0.1) is 0 Å². The molecule has 0 aromatic rings. The van der Waals surface area contributed by atoms with E-state index in [1.807, 2.05) is 13.8 Å². The minimum atomic E-state index is -2.20. The average molecular weight is 459 g/mol. The number of halogens is 1. The van der Waals surface area contributed by atoms with Crippen molar-refractivity contribution in [3.63, 3.8) is 0 Å². The maximum absolute atomic E-state index is 12.7. The van der Waals surface area contributed by atoms with Crippen molar-refractivity contribution in [2.45, 2.75) is 90.1 Å². The van der Waals surface area contributed by atoms with E-state index in [9.17, 15) is 30.0 Å². The maximum atomic E-state index is 12.7. The number of fused-ring (bicyclic) bond motifs is 3. The van der Waals surface area contributed by atoms with Gasteiger partial charge in [-0.2, -0.15) is 0 Å². The Morgan fingerprint density at radius 2 is 1.90 bits per heavy atom. The Balaban J connectivity index is 1.90. The lowest BCUT2D eigenvalue weighted by Crippen LogP contribution is -2.57. The first-order chi connectivity index (χ1) is 14.4. The second-order valence-electron chi connectivity index (χ2n) is 10.3. The first-order valence-electron chi connectivity index (χ1n) is 11.2. The van der Waals surface area contributed by atoms with Gasteiger partial charge in [-0.25, -0.2) is 4.79 Å². The Morgan fingerprint density at radius 3 is 2.48 bits per heavy atom. The number of carbonyl (C=O) groups is 2. The van der Waals surface area contributed by atoms with Crippen molar-refractivity contribution in [1.29, 1.82) is 0 Å². The molecule has 2 saturated carbocycles. The molecule has 3 rings (SSSR count). The molecule has 31 heavy (non-hydrogen) atoms. The minimum absolute atomic E-state index is 0.211. The Labute approximate surface area is 188 Å². The summed E-state index contributed by atoms with van der Waals surface area (Å²) in [5.41, 5.74) is -3.95. The van der Waals surface area contributed by atoms with E-state index in [-0.39, 0.29) is 10.6 Å². The number of carbonyl (C=O) groups excluding carboxylic acids is 2. The van der Waals surface area contributed by atoms with Gasteiger partial charge in [0.2, 0.25) is 5.78 Å². The lowest BCUT2D eigenvalue weighted by atomic mass is 9.64. The van der Waals surface area contributed by atoms with Gasteiger partial charge in [-0.3, -0.25) is 4.79 Å². The molecule has 0 spiro atoms. The lowest BCUT2D eigenvalue weighted by molar-refractivity contribution is -0.178. The third-order valence-electron chi connectivity index (χ3n) is 7.99.